The maximum absolute atomic E-state index is 13.6. The van der Waals surface area contributed by atoms with Gasteiger partial charge in [-0.15, -0.1) is 17.5 Å². The molecule has 1 aromatic carbocycles. The van der Waals surface area contributed by atoms with Crippen LogP contribution in [-0.4, -0.2) is 81.6 Å². The highest BCUT2D eigenvalue weighted by atomic mass is 35.5. The Labute approximate surface area is 234 Å². The van der Waals surface area contributed by atoms with Gasteiger partial charge < -0.3 is 19.5 Å². The minimum atomic E-state index is -0.339. The van der Waals surface area contributed by atoms with Crippen molar-refractivity contribution < 1.29 is 24.2 Å². The topological polar surface area (TPSA) is 124 Å². The van der Waals surface area contributed by atoms with Gasteiger partial charge in [-0.25, -0.2) is 4.68 Å². The van der Waals surface area contributed by atoms with Crippen LogP contribution in [0.15, 0.2) is 23.2 Å². The number of aromatic nitrogens is 4. The Bertz CT molecular complexity index is 1400. The van der Waals surface area contributed by atoms with Crippen LogP contribution in [0.4, 0.5) is 0 Å². The van der Waals surface area contributed by atoms with E-state index in [-0.39, 0.29) is 55.0 Å². The van der Waals surface area contributed by atoms with Crippen LogP contribution in [0.1, 0.15) is 66.6 Å². The first kappa shape index (κ1) is 31.8. The second kappa shape index (κ2) is 13.1. The van der Waals surface area contributed by atoms with Crippen molar-refractivity contribution in [2.45, 2.75) is 53.5 Å². The molecule has 0 saturated carbocycles. The summed E-state index contributed by atoms with van der Waals surface area (Å²) in [6, 6.07) is 5.13. The number of carbonyl (C=O) groups is 2. The van der Waals surface area contributed by atoms with E-state index in [2.05, 4.69) is 15.2 Å². The normalized spacial score (nSPS) is 11.9. The lowest BCUT2D eigenvalue weighted by Gasteiger charge is -2.25. The van der Waals surface area contributed by atoms with E-state index in [1.807, 2.05) is 41.5 Å². The summed E-state index contributed by atoms with van der Waals surface area (Å²) in [6.07, 6.45) is 0. The van der Waals surface area contributed by atoms with E-state index >= 15 is 0 Å². The molecule has 1 N–H and O–H groups in total. The third kappa shape index (κ3) is 6.59. The summed E-state index contributed by atoms with van der Waals surface area (Å²) in [5.41, 5.74) is 2.75. The number of ether oxygens (including phenoxy) is 2. The van der Waals surface area contributed by atoms with Gasteiger partial charge in [0.25, 0.3) is 5.91 Å². The lowest BCUT2D eigenvalue weighted by molar-refractivity contribution is 0.0765. The van der Waals surface area contributed by atoms with E-state index in [0.29, 0.717) is 41.4 Å². The Hall–Kier alpha value is -3.44. The number of halogens is 1. The molecule has 0 unspecified atom stereocenters. The van der Waals surface area contributed by atoms with Gasteiger partial charge in [0.15, 0.2) is 22.9 Å². The zero-order valence-electron chi connectivity index (χ0n) is 23.9. The first-order valence-electron chi connectivity index (χ1n) is 12.7. The Morgan fingerprint density at radius 3 is 2.33 bits per heavy atom. The van der Waals surface area contributed by atoms with Gasteiger partial charge in [0.2, 0.25) is 5.62 Å². The fourth-order valence-corrected chi connectivity index (χ4v) is 4.26. The van der Waals surface area contributed by atoms with E-state index in [4.69, 9.17) is 9.47 Å². The second-order valence-electron chi connectivity index (χ2n) is 9.91. The van der Waals surface area contributed by atoms with E-state index in [0.717, 1.165) is 11.1 Å². The highest BCUT2D eigenvalue weighted by Crippen LogP contribution is 2.40. The predicted molar refractivity (Wildman–Crippen MR) is 150 cm³/mol. The molecule has 0 spiro atoms. The van der Waals surface area contributed by atoms with E-state index in [1.54, 1.807) is 37.3 Å². The number of fused-ring (bicyclic) bond motifs is 1. The molecule has 2 aromatic heterocycles. The van der Waals surface area contributed by atoms with Crippen LogP contribution in [-0.2, 0) is 12.0 Å². The van der Waals surface area contributed by atoms with Crippen molar-refractivity contribution in [2.75, 3.05) is 40.5 Å². The molecule has 2 heterocycles. The highest BCUT2D eigenvalue weighted by Gasteiger charge is 2.26. The summed E-state index contributed by atoms with van der Waals surface area (Å²) in [5.74, 6) is 0.510. The number of benzene rings is 1. The summed E-state index contributed by atoms with van der Waals surface area (Å²) in [5, 5.41) is 18.4. The van der Waals surface area contributed by atoms with Crippen molar-refractivity contribution in [1.29, 1.82) is 0 Å². The first-order chi connectivity index (χ1) is 18.0. The van der Waals surface area contributed by atoms with Gasteiger partial charge in [-0.05, 0) is 49.9 Å². The average Bonchev–Trinajstić information content (AvgIpc) is 3.24. The number of Topliss-reactive ketones (excluding diaryl/α,β-unsaturated/α-hetero) is 1. The molecule has 3 rings (SSSR count). The monoisotopic (exact) mass is 562 g/mol. The molecule has 0 atom stereocenters. The summed E-state index contributed by atoms with van der Waals surface area (Å²) in [6.45, 7) is 12.7. The minimum Gasteiger partial charge on any atom is -0.493 e. The van der Waals surface area contributed by atoms with Crippen LogP contribution in [0.2, 0.25) is 0 Å². The van der Waals surface area contributed by atoms with Gasteiger partial charge in [0, 0.05) is 31.3 Å². The standard InChI is InChI=1S/C27H38N6O5.ClH/c1-9-31(10-2)25(36)20-13-17(3)24-30-32(26(28-7)33(24)29-20)16-21(35)18-14-19(27(4,5)6)23(37-8)22(15-18)38-12-11-34;/h13-15,34H,9-12,16H2,1-8H3;1H. The van der Waals surface area contributed by atoms with Crippen LogP contribution in [0.5, 0.6) is 11.5 Å². The van der Waals surface area contributed by atoms with Crippen molar-refractivity contribution in [3.05, 3.63) is 46.2 Å². The number of hydrogen-bond acceptors (Lipinski definition) is 8. The molecular weight excluding hydrogens is 524 g/mol. The van der Waals surface area contributed by atoms with Crippen molar-refractivity contribution in [2.24, 2.45) is 4.99 Å². The van der Waals surface area contributed by atoms with E-state index < -0.39 is 0 Å². The Morgan fingerprint density at radius 1 is 1.13 bits per heavy atom. The minimum absolute atomic E-state index is 0. The highest BCUT2D eigenvalue weighted by molar-refractivity contribution is 5.97. The smallest absolute Gasteiger partial charge is 0.274 e. The zero-order chi connectivity index (χ0) is 28.2. The van der Waals surface area contributed by atoms with Crippen molar-refractivity contribution in [3.63, 3.8) is 0 Å². The van der Waals surface area contributed by atoms with E-state index in [1.165, 1.54) is 9.20 Å². The van der Waals surface area contributed by atoms with Crippen LogP contribution >= 0.6 is 12.4 Å². The van der Waals surface area contributed by atoms with Crippen LogP contribution < -0.4 is 15.1 Å². The number of methoxy groups -OCH3 is 1. The molecule has 0 aliphatic rings. The zero-order valence-corrected chi connectivity index (χ0v) is 24.8. The largest absolute Gasteiger partial charge is 0.493 e. The van der Waals surface area contributed by atoms with Gasteiger partial charge >= 0.3 is 0 Å². The molecule has 3 aromatic rings. The van der Waals surface area contributed by atoms with E-state index in [9.17, 15) is 14.7 Å². The fraction of sp³-hybridized carbons (Fsp3) is 0.519. The van der Waals surface area contributed by atoms with Gasteiger partial charge in [0.1, 0.15) is 18.8 Å². The van der Waals surface area contributed by atoms with Crippen molar-refractivity contribution in [3.8, 4) is 11.5 Å². The quantitative estimate of drug-likeness (QED) is 0.377. The molecule has 0 radical (unpaired) electrons. The number of nitrogens with zero attached hydrogens (tertiary/aromatic N) is 6. The molecule has 1 amide bonds. The molecule has 12 heteroatoms. The SMILES string of the molecule is CCN(CC)C(=O)c1cc(C)c2nn(CC(=O)c3cc(OCCO)c(OC)c(C(C)(C)C)c3)c(=NC)n2n1.Cl. The second-order valence-corrected chi connectivity index (χ2v) is 9.91. The predicted octanol–water partition coefficient (Wildman–Crippen LogP) is 2.83. The molecule has 0 fully saturated rings. The Morgan fingerprint density at radius 2 is 1.79 bits per heavy atom. The molecule has 0 aliphatic heterocycles. The van der Waals surface area contributed by atoms with Gasteiger partial charge in [-0.3, -0.25) is 14.6 Å². The fourth-order valence-electron chi connectivity index (χ4n) is 4.26. The van der Waals surface area contributed by atoms with Gasteiger partial charge in [-0.1, -0.05) is 20.8 Å². The average molecular weight is 563 g/mol. The Kier molecular flexibility index (Phi) is 10.7. The summed E-state index contributed by atoms with van der Waals surface area (Å²) in [4.78, 5) is 32.5. The van der Waals surface area contributed by atoms with Crippen LogP contribution in [0, 0.1) is 6.92 Å². The summed E-state index contributed by atoms with van der Waals surface area (Å²) in [7, 11) is 3.14. The van der Waals surface area contributed by atoms with Crippen LogP contribution in [0.3, 0.4) is 0 Å². The van der Waals surface area contributed by atoms with Crippen molar-refractivity contribution in [1.82, 2.24) is 24.3 Å². The number of amides is 1. The molecular formula is C27H39ClN6O5. The number of aliphatic hydroxyl groups excluding tert-OH is 1. The maximum atomic E-state index is 13.6. The number of ketones is 1. The maximum Gasteiger partial charge on any atom is 0.274 e. The number of aliphatic hydroxyl groups is 1. The number of carbonyl (C=O) groups excluding carboxylic acids is 2. The van der Waals surface area contributed by atoms with Gasteiger partial charge in [0.05, 0.1) is 13.7 Å². The molecule has 39 heavy (non-hydrogen) atoms. The number of rotatable bonds is 10. The summed E-state index contributed by atoms with van der Waals surface area (Å²) >= 11 is 0. The Balaban J connectivity index is 0.00000533. The molecule has 214 valence electrons. The lowest BCUT2D eigenvalue weighted by atomic mass is 9.84. The van der Waals surface area contributed by atoms with Gasteiger partial charge in [-0.2, -0.15) is 9.61 Å². The third-order valence-corrected chi connectivity index (χ3v) is 6.25. The first-order valence-corrected chi connectivity index (χ1v) is 12.7. The molecule has 0 bridgehead atoms. The summed E-state index contributed by atoms with van der Waals surface area (Å²) < 4.78 is 14.3. The third-order valence-electron chi connectivity index (χ3n) is 6.25. The molecule has 0 saturated heterocycles. The molecule has 11 nitrogen and oxygen atoms in total. The molecule has 0 aliphatic carbocycles. The number of aryl methyl sites for hydroxylation is 1. The number of hydrogen-bond donors (Lipinski definition) is 1. The lowest BCUT2D eigenvalue weighted by Crippen LogP contribution is -2.33. The van der Waals surface area contributed by atoms with Crippen molar-refractivity contribution >= 4 is 29.7 Å². The van der Waals surface area contributed by atoms with Crippen LogP contribution in [0.25, 0.3) is 5.65 Å².